The van der Waals surface area contributed by atoms with Gasteiger partial charge in [-0.3, -0.25) is 4.79 Å². The van der Waals surface area contributed by atoms with E-state index in [4.69, 9.17) is 24.5 Å². The molecule has 12 heteroatoms. The summed E-state index contributed by atoms with van der Waals surface area (Å²) < 4.78 is 32.4. The molecule has 0 aliphatic heterocycles. The number of halogens is 1. The van der Waals surface area contributed by atoms with Crippen LogP contribution in [0.3, 0.4) is 0 Å². The van der Waals surface area contributed by atoms with Crippen molar-refractivity contribution in [1.29, 1.82) is 5.26 Å². The fourth-order valence-electron chi connectivity index (χ4n) is 5.03. The van der Waals surface area contributed by atoms with E-state index in [0.29, 0.717) is 59.1 Å². The van der Waals surface area contributed by atoms with Gasteiger partial charge in [0, 0.05) is 49.9 Å². The van der Waals surface area contributed by atoms with Crippen LogP contribution >= 0.6 is 0 Å². The summed E-state index contributed by atoms with van der Waals surface area (Å²) >= 11 is 0. The standard InChI is InChI=1S/C35H34FN5O6/c1-45-15-14-38-34(42)31(46-2)20-41-30-18-25(35(43)44)12-13-29(30)39-32(41)17-22-6-9-24(10-7-22)28-4-3-5-33(40-28)47-21-26-11-8-23(19-37)16-27(26)36/h3-13,16,18,31,35,43-44H,14-15,17,20-21H2,1-2H3,(H,38,42)/t31-/m0/s1. The Morgan fingerprint density at radius 2 is 1.85 bits per heavy atom. The molecule has 0 unspecified atom stereocenters. The van der Waals surface area contributed by atoms with Gasteiger partial charge in [0.25, 0.3) is 5.91 Å². The van der Waals surface area contributed by atoms with Gasteiger partial charge < -0.3 is 34.3 Å². The maximum Gasteiger partial charge on any atom is 0.251 e. The Bertz CT molecular complexity index is 1890. The van der Waals surface area contributed by atoms with Gasteiger partial charge in [0.15, 0.2) is 12.4 Å². The van der Waals surface area contributed by atoms with Crippen molar-refractivity contribution in [3.63, 3.8) is 0 Å². The molecule has 2 heterocycles. The predicted molar refractivity (Wildman–Crippen MR) is 171 cm³/mol. The predicted octanol–water partition coefficient (Wildman–Crippen LogP) is 4.04. The molecule has 0 fully saturated rings. The van der Waals surface area contributed by atoms with E-state index in [2.05, 4.69) is 10.3 Å². The third kappa shape index (κ3) is 8.16. The Balaban J connectivity index is 1.35. The summed E-state index contributed by atoms with van der Waals surface area (Å²) in [5.74, 6) is 0.169. The number of amides is 1. The average Bonchev–Trinajstić information content (AvgIpc) is 3.42. The molecule has 47 heavy (non-hydrogen) atoms. The number of aliphatic hydroxyl groups excluding tert-OH is 1. The number of hydrogen-bond acceptors (Lipinski definition) is 9. The van der Waals surface area contributed by atoms with Crippen LogP contribution in [0.2, 0.25) is 0 Å². The molecule has 5 aromatic rings. The third-order valence-corrected chi connectivity index (χ3v) is 7.57. The lowest BCUT2D eigenvalue weighted by atomic mass is 10.1. The van der Waals surface area contributed by atoms with Gasteiger partial charge >= 0.3 is 0 Å². The molecule has 11 nitrogen and oxygen atoms in total. The van der Waals surface area contributed by atoms with Crippen LogP contribution in [0.4, 0.5) is 4.39 Å². The molecule has 242 valence electrons. The fourth-order valence-corrected chi connectivity index (χ4v) is 5.03. The van der Waals surface area contributed by atoms with Gasteiger partial charge in [-0.05, 0) is 35.9 Å². The minimum absolute atomic E-state index is 0.0363. The first-order valence-corrected chi connectivity index (χ1v) is 14.8. The summed E-state index contributed by atoms with van der Waals surface area (Å²) in [4.78, 5) is 22.2. The molecule has 2 aromatic heterocycles. The first kappa shape index (κ1) is 33.2. The molecular formula is C35H34FN5O6. The van der Waals surface area contributed by atoms with E-state index >= 15 is 0 Å². The largest absolute Gasteiger partial charge is 0.473 e. The SMILES string of the molecule is COCCNC(=O)[C@H](Cn1c(Cc2ccc(-c3cccc(OCc4ccc(C#N)cc4F)n3)cc2)nc2ccc(C(O)O)cc21)OC. The van der Waals surface area contributed by atoms with E-state index in [-0.39, 0.29) is 24.6 Å². The molecular weight excluding hydrogens is 605 g/mol. The third-order valence-electron chi connectivity index (χ3n) is 7.57. The molecule has 5 rings (SSSR count). The Morgan fingerprint density at radius 1 is 1.04 bits per heavy atom. The minimum atomic E-state index is -1.66. The zero-order valence-electron chi connectivity index (χ0n) is 25.9. The Labute approximate surface area is 270 Å². The van der Waals surface area contributed by atoms with Crippen molar-refractivity contribution >= 4 is 16.9 Å². The maximum absolute atomic E-state index is 14.3. The summed E-state index contributed by atoms with van der Waals surface area (Å²) in [5.41, 5.74) is 4.57. The van der Waals surface area contributed by atoms with Crippen molar-refractivity contribution in [2.45, 2.75) is 32.0 Å². The van der Waals surface area contributed by atoms with Crippen molar-refractivity contribution in [1.82, 2.24) is 19.9 Å². The number of ether oxygens (including phenoxy) is 3. The van der Waals surface area contributed by atoms with E-state index in [0.717, 1.165) is 11.1 Å². The number of rotatable bonds is 14. The van der Waals surface area contributed by atoms with Crippen molar-refractivity contribution in [3.05, 3.63) is 113 Å². The smallest absolute Gasteiger partial charge is 0.251 e. The first-order valence-electron chi connectivity index (χ1n) is 14.8. The van der Waals surface area contributed by atoms with Gasteiger partial charge in [0.05, 0.1) is 41.5 Å². The Morgan fingerprint density at radius 3 is 2.55 bits per heavy atom. The number of imidazole rings is 1. The lowest BCUT2D eigenvalue weighted by Crippen LogP contribution is -2.40. The summed E-state index contributed by atoms with van der Waals surface area (Å²) in [6.07, 6.45) is -2.08. The number of carbonyl (C=O) groups excluding carboxylic acids is 1. The monoisotopic (exact) mass is 639 g/mol. The number of nitrogens with zero attached hydrogens (tertiary/aromatic N) is 4. The van der Waals surface area contributed by atoms with Gasteiger partial charge in [-0.15, -0.1) is 0 Å². The molecule has 3 N–H and O–H groups in total. The van der Waals surface area contributed by atoms with Gasteiger partial charge in [0.1, 0.15) is 18.2 Å². The fraction of sp³-hybridized carbons (Fsp3) is 0.257. The number of benzene rings is 3. The summed E-state index contributed by atoms with van der Waals surface area (Å²) in [6, 6.07) is 24.2. The lowest BCUT2D eigenvalue weighted by Gasteiger charge is -2.18. The summed E-state index contributed by atoms with van der Waals surface area (Å²) in [5, 5.41) is 31.3. The van der Waals surface area contributed by atoms with E-state index in [9.17, 15) is 19.4 Å². The van der Waals surface area contributed by atoms with E-state index in [1.54, 1.807) is 37.4 Å². The second-order valence-corrected chi connectivity index (χ2v) is 10.7. The molecule has 1 amide bonds. The highest BCUT2D eigenvalue weighted by molar-refractivity contribution is 5.82. The van der Waals surface area contributed by atoms with Crippen LogP contribution in [0.5, 0.6) is 5.88 Å². The number of fused-ring (bicyclic) bond motifs is 1. The van der Waals surface area contributed by atoms with Gasteiger partial charge in [-0.2, -0.15) is 5.26 Å². The Kier molecular flexibility index (Phi) is 10.9. The first-order chi connectivity index (χ1) is 22.8. The zero-order chi connectivity index (χ0) is 33.3. The topological polar surface area (TPSA) is 152 Å². The maximum atomic E-state index is 14.3. The molecule has 0 bridgehead atoms. The average molecular weight is 640 g/mol. The van der Waals surface area contributed by atoms with Crippen LogP contribution in [0.1, 0.15) is 34.4 Å². The molecule has 0 saturated heterocycles. The van der Waals surface area contributed by atoms with Crippen molar-refractivity contribution in [2.75, 3.05) is 27.4 Å². The van der Waals surface area contributed by atoms with E-state index in [1.807, 2.05) is 41.0 Å². The molecule has 0 radical (unpaired) electrons. The normalized spacial score (nSPS) is 11.9. The van der Waals surface area contributed by atoms with Gasteiger partial charge in [-0.1, -0.05) is 42.5 Å². The van der Waals surface area contributed by atoms with Crippen LogP contribution in [-0.2, 0) is 33.8 Å². The molecule has 0 aliphatic carbocycles. The van der Waals surface area contributed by atoms with Gasteiger partial charge in [-0.25, -0.2) is 14.4 Å². The minimum Gasteiger partial charge on any atom is -0.473 e. The van der Waals surface area contributed by atoms with Crippen molar-refractivity contribution in [3.8, 4) is 23.2 Å². The van der Waals surface area contributed by atoms with Gasteiger partial charge in [0.2, 0.25) is 5.88 Å². The van der Waals surface area contributed by atoms with Crippen LogP contribution < -0.4 is 10.1 Å². The highest BCUT2D eigenvalue weighted by atomic mass is 19.1. The number of nitriles is 1. The number of aliphatic hydroxyl groups is 2. The highest BCUT2D eigenvalue weighted by Crippen LogP contribution is 2.25. The lowest BCUT2D eigenvalue weighted by molar-refractivity contribution is -0.131. The number of aromatic nitrogens is 3. The summed E-state index contributed by atoms with van der Waals surface area (Å²) in [6.45, 7) is 0.804. The Hall–Kier alpha value is -5.19. The highest BCUT2D eigenvalue weighted by Gasteiger charge is 2.22. The molecule has 3 aromatic carbocycles. The second-order valence-electron chi connectivity index (χ2n) is 10.7. The molecule has 0 spiro atoms. The summed E-state index contributed by atoms with van der Waals surface area (Å²) in [7, 11) is 3.01. The van der Waals surface area contributed by atoms with Crippen LogP contribution in [0.15, 0.2) is 78.9 Å². The van der Waals surface area contributed by atoms with Crippen LogP contribution in [0, 0.1) is 17.1 Å². The molecule has 0 saturated carbocycles. The quantitative estimate of drug-likeness (QED) is 0.121. The zero-order valence-corrected chi connectivity index (χ0v) is 25.9. The number of carbonyl (C=O) groups is 1. The van der Waals surface area contributed by atoms with Crippen molar-refractivity contribution < 1.29 is 33.6 Å². The van der Waals surface area contributed by atoms with E-state index in [1.165, 1.54) is 25.3 Å². The van der Waals surface area contributed by atoms with Crippen LogP contribution in [0.25, 0.3) is 22.3 Å². The number of hydrogen-bond donors (Lipinski definition) is 3. The number of methoxy groups -OCH3 is 2. The van der Waals surface area contributed by atoms with E-state index < -0.39 is 18.2 Å². The number of pyridine rings is 1. The molecule has 1 atom stereocenters. The van der Waals surface area contributed by atoms with Crippen LogP contribution in [-0.4, -0.2) is 64.1 Å². The molecule has 0 aliphatic rings. The second kappa shape index (κ2) is 15.4. The van der Waals surface area contributed by atoms with Crippen molar-refractivity contribution in [2.24, 2.45) is 0 Å². The number of nitrogens with one attached hydrogen (secondary N) is 1.